The molecular weight excluding hydrogens is 214 g/mol. The molecule has 0 spiro atoms. The number of nitrogens with zero attached hydrogens (tertiary/aromatic N) is 1. The largest absolute Gasteiger partial charge is 0.481 e. The first-order valence-corrected chi connectivity index (χ1v) is 7.05. The maximum Gasteiger partial charge on any atom is 0.304 e. The van der Waals surface area contributed by atoms with Crippen LogP contribution in [0.5, 0.6) is 0 Å². The lowest BCUT2D eigenvalue weighted by atomic mass is 9.99. The second-order valence-corrected chi connectivity index (χ2v) is 5.59. The van der Waals surface area contributed by atoms with Crippen molar-refractivity contribution in [2.45, 2.75) is 64.8 Å². The van der Waals surface area contributed by atoms with Crippen LogP contribution in [0.15, 0.2) is 0 Å². The summed E-state index contributed by atoms with van der Waals surface area (Å²) in [6.45, 7) is 6.12. The summed E-state index contributed by atoms with van der Waals surface area (Å²) in [7, 11) is 0. The van der Waals surface area contributed by atoms with Crippen LogP contribution < -0.4 is 0 Å². The summed E-state index contributed by atoms with van der Waals surface area (Å²) in [5, 5.41) is 8.77. The van der Waals surface area contributed by atoms with Gasteiger partial charge in [-0.25, -0.2) is 0 Å². The summed E-state index contributed by atoms with van der Waals surface area (Å²) in [5.74, 6) is 0.102. The summed E-state index contributed by atoms with van der Waals surface area (Å²) in [6, 6.07) is 0.456. The molecule has 1 aliphatic carbocycles. The fourth-order valence-corrected chi connectivity index (χ4v) is 2.68. The van der Waals surface area contributed by atoms with E-state index < -0.39 is 5.97 Å². The summed E-state index contributed by atoms with van der Waals surface area (Å²) < 4.78 is 0. The molecule has 0 bridgehead atoms. The first kappa shape index (κ1) is 14.5. The molecule has 0 heterocycles. The zero-order valence-electron chi connectivity index (χ0n) is 11.3. The normalized spacial score (nSPS) is 18.6. The van der Waals surface area contributed by atoms with Crippen molar-refractivity contribution in [2.24, 2.45) is 5.92 Å². The lowest BCUT2D eigenvalue weighted by Crippen LogP contribution is -2.37. The third kappa shape index (κ3) is 6.06. The number of carbonyl (C=O) groups is 1. The van der Waals surface area contributed by atoms with Crippen molar-refractivity contribution in [3.05, 3.63) is 0 Å². The minimum atomic E-state index is -0.684. The maximum atomic E-state index is 10.6. The van der Waals surface area contributed by atoms with Gasteiger partial charge in [0.2, 0.25) is 0 Å². The highest BCUT2D eigenvalue weighted by Crippen LogP contribution is 2.24. The maximum absolute atomic E-state index is 10.6. The number of carboxylic acid groups (broad SMARTS) is 1. The smallest absolute Gasteiger partial charge is 0.304 e. The van der Waals surface area contributed by atoms with E-state index in [0.29, 0.717) is 12.6 Å². The van der Waals surface area contributed by atoms with E-state index in [1.165, 1.54) is 38.5 Å². The van der Waals surface area contributed by atoms with Gasteiger partial charge in [0.15, 0.2) is 0 Å². The Bertz CT molecular complexity index is 220. The van der Waals surface area contributed by atoms with E-state index in [4.69, 9.17) is 5.11 Å². The molecule has 1 aliphatic rings. The average Bonchev–Trinajstić information content (AvgIpc) is 2.51. The van der Waals surface area contributed by atoms with E-state index in [0.717, 1.165) is 12.5 Å². The first-order valence-electron chi connectivity index (χ1n) is 7.05. The van der Waals surface area contributed by atoms with Crippen LogP contribution in [0.4, 0.5) is 0 Å². The molecule has 0 atom stereocenters. The van der Waals surface area contributed by atoms with Crippen LogP contribution in [0.1, 0.15) is 58.8 Å². The summed E-state index contributed by atoms with van der Waals surface area (Å²) in [6.07, 6.45) is 8.41. The van der Waals surface area contributed by atoms with E-state index in [1.54, 1.807) is 0 Å². The van der Waals surface area contributed by atoms with Crippen molar-refractivity contribution < 1.29 is 9.90 Å². The standard InChI is InChI=1S/C14H27NO2/c1-12(2)15(10-9-14(16)17)11-13-7-5-3-4-6-8-13/h12-13H,3-11H2,1-2H3,(H,16,17). The van der Waals surface area contributed by atoms with E-state index in [2.05, 4.69) is 18.7 Å². The van der Waals surface area contributed by atoms with Crippen LogP contribution in [0.3, 0.4) is 0 Å². The van der Waals surface area contributed by atoms with Gasteiger partial charge in [-0.15, -0.1) is 0 Å². The minimum absolute atomic E-state index is 0.269. The van der Waals surface area contributed by atoms with Gasteiger partial charge < -0.3 is 10.0 Å². The Morgan fingerprint density at radius 1 is 1.24 bits per heavy atom. The van der Waals surface area contributed by atoms with Gasteiger partial charge in [-0.05, 0) is 32.6 Å². The Labute approximate surface area is 105 Å². The molecule has 3 heteroatoms. The molecule has 0 saturated heterocycles. The second-order valence-electron chi connectivity index (χ2n) is 5.59. The Kier molecular flexibility index (Phi) is 6.56. The van der Waals surface area contributed by atoms with Gasteiger partial charge in [0.25, 0.3) is 0 Å². The Morgan fingerprint density at radius 3 is 2.29 bits per heavy atom. The van der Waals surface area contributed by atoms with Crippen molar-refractivity contribution >= 4 is 5.97 Å². The van der Waals surface area contributed by atoms with Gasteiger partial charge >= 0.3 is 5.97 Å². The highest BCUT2D eigenvalue weighted by Gasteiger charge is 2.18. The number of aliphatic carboxylic acids is 1. The Hall–Kier alpha value is -0.570. The average molecular weight is 241 g/mol. The molecule has 1 N–H and O–H groups in total. The van der Waals surface area contributed by atoms with E-state index in [1.807, 2.05) is 0 Å². The molecule has 1 rings (SSSR count). The predicted molar refractivity (Wildman–Crippen MR) is 70.2 cm³/mol. The van der Waals surface area contributed by atoms with E-state index in [-0.39, 0.29) is 6.42 Å². The fraction of sp³-hybridized carbons (Fsp3) is 0.929. The lowest BCUT2D eigenvalue weighted by Gasteiger charge is -2.30. The fourth-order valence-electron chi connectivity index (χ4n) is 2.68. The molecule has 0 aromatic heterocycles. The molecule has 17 heavy (non-hydrogen) atoms. The Balaban J connectivity index is 2.38. The second kappa shape index (κ2) is 7.70. The first-order chi connectivity index (χ1) is 8.09. The molecule has 0 aromatic rings. The minimum Gasteiger partial charge on any atom is -0.481 e. The van der Waals surface area contributed by atoms with Crippen molar-refractivity contribution in [1.29, 1.82) is 0 Å². The summed E-state index contributed by atoms with van der Waals surface area (Å²) >= 11 is 0. The molecule has 100 valence electrons. The lowest BCUT2D eigenvalue weighted by molar-refractivity contribution is -0.137. The molecule has 1 fully saturated rings. The molecule has 0 aliphatic heterocycles. The van der Waals surface area contributed by atoms with Crippen LogP contribution in [0.2, 0.25) is 0 Å². The molecule has 3 nitrogen and oxygen atoms in total. The Morgan fingerprint density at radius 2 is 1.82 bits per heavy atom. The van der Waals surface area contributed by atoms with Gasteiger partial charge in [-0.3, -0.25) is 4.79 Å². The van der Waals surface area contributed by atoms with Crippen LogP contribution in [0.25, 0.3) is 0 Å². The zero-order chi connectivity index (χ0) is 12.7. The van der Waals surface area contributed by atoms with Gasteiger partial charge in [-0.1, -0.05) is 25.7 Å². The van der Waals surface area contributed by atoms with Crippen molar-refractivity contribution in [3.8, 4) is 0 Å². The van der Waals surface area contributed by atoms with E-state index in [9.17, 15) is 4.79 Å². The SMILES string of the molecule is CC(C)N(CCC(=O)O)CC1CCCCCC1. The van der Waals surface area contributed by atoms with Crippen LogP contribution in [0, 0.1) is 5.92 Å². The van der Waals surface area contributed by atoms with Crippen LogP contribution in [-0.2, 0) is 4.79 Å². The van der Waals surface area contributed by atoms with Crippen LogP contribution >= 0.6 is 0 Å². The van der Waals surface area contributed by atoms with Crippen LogP contribution in [-0.4, -0.2) is 35.1 Å². The summed E-state index contributed by atoms with van der Waals surface area (Å²) in [4.78, 5) is 13.0. The van der Waals surface area contributed by atoms with Crippen molar-refractivity contribution in [3.63, 3.8) is 0 Å². The zero-order valence-corrected chi connectivity index (χ0v) is 11.3. The quantitative estimate of drug-likeness (QED) is 0.726. The molecule has 1 saturated carbocycles. The molecule has 0 radical (unpaired) electrons. The molecule has 0 aromatic carbocycles. The molecule has 0 amide bonds. The van der Waals surface area contributed by atoms with E-state index >= 15 is 0 Å². The van der Waals surface area contributed by atoms with Gasteiger partial charge in [-0.2, -0.15) is 0 Å². The third-order valence-corrected chi connectivity index (χ3v) is 3.81. The topological polar surface area (TPSA) is 40.5 Å². The highest BCUT2D eigenvalue weighted by atomic mass is 16.4. The van der Waals surface area contributed by atoms with Gasteiger partial charge in [0.1, 0.15) is 0 Å². The number of rotatable bonds is 6. The van der Waals surface area contributed by atoms with Gasteiger partial charge in [0.05, 0.1) is 6.42 Å². The highest BCUT2D eigenvalue weighted by molar-refractivity contribution is 5.66. The van der Waals surface area contributed by atoms with Crippen molar-refractivity contribution in [2.75, 3.05) is 13.1 Å². The molecular formula is C14H27NO2. The third-order valence-electron chi connectivity index (χ3n) is 3.81. The monoisotopic (exact) mass is 241 g/mol. The predicted octanol–water partition coefficient (Wildman–Crippen LogP) is 3.14. The number of hydrogen-bond donors (Lipinski definition) is 1. The van der Waals surface area contributed by atoms with Crippen molar-refractivity contribution in [1.82, 2.24) is 4.90 Å². The molecule has 0 unspecified atom stereocenters. The number of carboxylic acids is 1. The summed E-state index contributed by atoms with van der Waals surface area (Å²) in [5.41, 5.74) is 0. The van der Waals surface area contributed by atoms with Gasteiger partial charge in [0, 0.05) is 19.1 Å². The number of hydrogen-bond acceptors (Lipinski definition) is 2.